The molecule has 23 heavy (non-hydrogen) atoms. The molecule has 132 valence electrons. The van der Waals surface area contributed by atoms with Gasteiger partial charge in [-0.15, -0.1) is 0 Å². The van der Waals surface area contributed by atoms with Crippen LogP contribution in [0.5, 0.6) is 0 Å². The summed E-state index contributed by atoms with van der Waals surface area (Å²) in [5.74, 6) is 0. The number of hydrogen-bond acceptors (Lipinski definition) is 3. The molecular formula is C14H22F3N3O3. The molecule has 6 nitrogen and oxygen atoms in total. The lowest BCUT2D eigenvalue weighted by Gasteiger charge is -2.24. The number of halogens is 3. The Morgan fingerprint density at radius 2 is 1.96 bits per heavy atom. The Labute approximate surface area is 132 Å². The number of carbonyl (C=O) groups excluding carboxylic acids is 1. The Balaban J connectivity index is 2.61. The quantitative estimate of drug-likeness (QED) is 0.898. The highest BCUT2D eigenvalue weighted by molar-refractivity contribution is 5.67. The van der Waals surface area contributed by atoms with Crippen LogP contribution < -0.4 is 5.56 Å². The summed E-state index contributed by atoms with van der Waals surface area (Å²) in [5.41, 5.74) is -0.641. The van der Waals surface area contributed by atoms with Gasteiger partial charge in [0, 0.05) is 26.1 Å². The van der Waals surface area contributed by atoms with Crippen LogP contribution in [0.15, 0.2) is 10.9 Å². The molecule has 0 spiro atoms. The normalized spacial score (nSPS) is 12.3. The average molecular weight is 337 g/mol. The van der Waals surface area contributed by atoms with E-state index in [0.717, 1.165) is 4.68 Å². The van der Waals surface area contributed by atoms with Gasteiger partial charge in [-0.1, -0.05) is 0 Å². The molecule has 9 heteroatoms. The van der Waals surface area contributed by atoms with Crippen LogP contribution >= 0.6 is 0 Å². The molecule has 1 aromatic heterocycles. The number of aryl methyl sites for hydroxylation is 1. The zero-order chi connectivity index (χ0) is 17.8. The number of hydrogen-bond donors (Lipinski definition) is 1. The monoisotopic (exact) mass is 337 g/mol. The lowest BCUT2D eigenvalue weighted by molar-refractivity contribution is -0.136. The van der Waals surface area contributed by atoms with Crippen LogP contribution in [0.1, 0.15) is 39.3 Å². The number of alkyl halides is 3. The van der Waals surface area contributed by atoms with E-state index < -0.39 is 29.9 Å². The van der Waals surface area contributed by atoms with Crippen molar-refractivity contribution in [3.63, 3.8) is 0 Å². The predicted molar refractivity (Wildman–Crippen MR) is 78.0 cm³/mol. The largest absolute Gasteiger partial charge is 0.444 e. The maximum absolute atomic E-state index is 12.1. The topological polar surface area (TPSA) is 67.3 Å². The fraction of sp³-hybridized carbons (Fsp3) is 0.714. The van der Waals surface area contributed by atoms with Crippen LogP contribution in [0.2, 0.25) is 0 Å². The van der Waals surface area contributed by atoms with Crippen LogP contribution in [0.3, 0.4) is 0 Å². The minimum Gasteiger partial charge on any atom is -0.444 e. The van der Waals surface area contributed by atoms with E-state index in [1.165, 1.54) is 18.0 Å². The highest BCUT2D eigenvalue weighted by atomic mass is 19.4. The first-order valence-corrected chi connectivity index (χ1v) is 7.17. The molecule has 1 amide bonds. The Morgan fingerprint density at radius 3 is 2.48 bits per heavy atom. The van der Waals surface area contributed by atoms with E-state index in [0.29, 0.717) is 5.69 Å². The minimum absolute atomic E-state index is 0.0610. The maximum Gasteiger partial charge on any atom is 0.410 e. The van der Waals surface area contributed by atoms with Gasteiger partial charge in [0.05, 0.1) is 12.2 Å². The molecule has 0 aliphatic rings. The zero-order valence-electron chi connectivity index (χ0n) is 13.7. The number of H-pyrrole nitrogens is 1. The molecule has 0 aliphatic heterocycles. The zero-order valence-corrected chi connectivity index (χ0v) is 13.7. The number of ether oxygens (including phenoxy) is 1. The third-order valence-electron chi connectivity index (χ3n) is 2.80. The van der Waals surface area contributed by atoms with E-state index in [1.807, 2.05) is 0 Å². The second-order valence-corrected chi connectivity index (χ2v) is 6.33. The molecule has 0 unspecified atom stereocenters. The number of rotatable bonds is 5. The van der Waals surface area contributed by atoms with Crippen molar-refractivity contribution in [3.05, 3.63) is 22.1 Å². The summed E-state index contributed by atoms with van der Waals surface area (Å²) >= 11 is 0. The Bertz CT molecular complexity index is 585. The van der Waals surface area contributed by atoms with Gasteiger partial charge in [-0.25, -0.2) is 4.79 Å². The van der Waals surface area contributed by atoms with Crippen molar-refractivity contribution in [2.24, 2.45) is 0 Å². The van der Waals surface area contributed by atoms with E-state index in [1.54, 1.807) is 20.8 Å². The van der Waals surface area contributed by atoms with Crippen LogP contribution in [-0.4, -0.2) is 39.6 Å². The lowest BCUT2D eigenvalue weighted by Crippen LogP contribution is -2.33. The standard InChI is InChI=1S/C14H22F3N3O3/c1-13(2,3)23-12(22)19(4)9-10-8-11(21)20(18-10)7-5-6-14(15,16)17/h8,18H,5-7,9H2,1-4H3. The summed E-state index contributed by atoms with van der Waals surface area (Å²) in [4.78, 5) is 24.8. The van der Waals surface area contributed by atoms with E-state index in [2.05, 4.69) is 5.10 Å². The Kier molecular flexibility index (Phi) is 5.90. The summed E-state index contributed by atoms with van der Waals surface area (Å²) in [6.45, 7) is 5.23. The van der Waals surface area contributed by atoms with Crippen molar-refractivity contribution >= 4 is 6.09 Å². The molecule has 1 rings (SSSR count). The third kappa shape index (κ3) is 7.25. The van der Waals surface area contributed by atoms with Gasteiger partial charge in [0.2, 0.25) is 0 Å². The van der Waals surface area contributed by atoms with E-state index >= 15 is 0 Å². The summed E-state index contributed by atoms with van der Waals surface area (Å²) in [7, 11) is 1.51. The number of nitrogens with one attached hydrogen (secondary N) is 1. The average Bonchev–Trinajstić information content (AvgIpc) is 2.66. The second kappa shape index (κ2) is 7.10. The molecule has 1 heterocycles. The fourth-order valence-corrected chi connectivity index (χ4v) is 1.83. The summed E-state index contributed by atoms with van der Waals surface area (Å²) in [6, 6.07) is 1.26. The molecule has 0 fully saturated rings. The lowest BCUT2D eigenvalue weighted by atomic mass is 10.2. The van der Waals surface area contributed by atoms with E-state index in [4.69, 9.17) is 4.74 Å². The molecule has 0 aliphatic carbocycles. The predicted octanol–water partition coefficient (Wildman–Crippen LogP) is 2.89. The van der Waals surface area contributed by atoms with Crippen LogP contribution in [0.25, 0.3) is 0 Å². The maximum atomic E-state index is 12.1. The van der Waals surface area contributed by atoms with Gasteiger partial charge < -0.3 is 9.64 Å². The molecule has 0 saturated heterocycles. The fourth-order valence-electron chi connectivity index (χ4n) is 1.83. The molecule has 0 radical (unpaired) electrons. The Hall–Kier alpha value is -1.93. The van der Waals surface area contributed by atoms with Gasteiger partial charge in [-0.3, -0.25) is 14.6 Å². The first-order chi connectivity index (χ1) is 10.4. The van der Waals surface area contributed by atoms with Crippen molar-refractivity contribution in [2.45, 2.75) is 58.5 Å². The van der Waals surface area contributed by atoms with Crippen LogP contribution in [-0.2, 0) is 17.8 Å². The SMILES string of the molecule is CN(Cc1cc(=O)n(CCCC(F)(F)F)[nH]1)C(=O)OC(C)(C)C. The highest BCUT2D eigenvalue weighted by Crippen LogP contribution is 2.21. The third-order valence-corrected chi connectivity index (χ3v) is 2.80. The van der Waals surface area contributed by atoms with Gasteiger partial charge in [0.25, 0.3) is 5.56 Å². The molecule has 0 saturated carbocycles. The van der Waals surface area contributed by atoms with E-state index in [-0.39, 0.29) is 19.5 Å². The van der Waals surface area contributed by atoms with Gasteiger partial charge in [0.15, 0.2) is 0 Å². The second-order valence-electron chi connectivity index (χ2n) is 6.33. The van der Waals surface area contributed by atoms with Crippen LogP contribution in [0, 0.1) is 0 Å². The van der Waals surface area contributed by atoms with E-state index in [9.17, 15) is 22.8 Å². The van der Waals surface area contributed by atoms with Gasteiger partial charge in [-0.05, 0) is 27.2 Å². The molecule has 1 N–H and O–H groups in total. The molecular weight excluding hydrogens is 315 g/mol. The number of amides is 1. The van der Waals surface area contributed by atoms with Crippen molar-refractivity contribution in [2.75, 3.05) is 7.05 Å². The molecule has 0 aromatic carbocycles. The highest BCUT2D eigenvalue weighted by Gasteiger charge is 2.26. The van der Waals surface area contributed by atoms with Crippen molar-refractivity contribution < 1.29 is 22.7 Å². The first kappa shape index (κ1) is 19.1. The molecule has 1 aromatic rings. The van der Waals surface area contributed by atoms with Crippen molar-refractivity contribution in [1.29, 1.82) is 0 Å². The van der Waals surface area contributed by atoms with Crippen molar-refractivity contribution in [1.82, 2.24) is 14.7 Å². The smallest absolute Gasteiger partial charge is 0.410 e. The molecule has 0 bridgehead atoms. The first-order valence-electron chi connectivity index (χ1n) is 7.17. The summed E-state index contributed by atoms with van der Waals surface area (Å²) in [5, 5.41) is 2.70. The van der Waals surface area contributed by atoms with Crippen LogP contribution in [0.4, 0.5) is 18.0 Å². The minimum atomic E-state index is -4.24. The van der Waals surface area contributed by atoms with Gasteiger partial charge in [0.1, 0.15) is 5.60 Å². The summed E-state index contributed by atoms with van der Waals surface area (Å²) < 4.78 is 42.6. The van der Waals surface area contributed by atoms with Crippen molar-refractivity contribution in [3.8, 4) is 0 Å². The Morgan fingerprint density at radius 1 is 1.35 bits per heavy atom. The molecule has 0 atom stereocenters. The van der Waals surface area contributed by atoms with Gasteiger partial charge in [-0.2, -0.15) is 13.2 Å². The number of aromatic nitrogens is 2. The summed E-state index contributed by atoms with van der Waals surface area (Å²) in [6.07, 6.45) is -5.93. The number of carbonyl (C=O) groups is 1. The number of nitrogens with zero attached hydrogens (tertiary/aromatic N) is 2. The van der Waals surface area contributed by atoms with Gasteiger partial charge >= 0.3 is 12.3 Å². The number of aromatic amines is 1.